The standard InChI is InChI=1S/C25H26FN5O3S/c1-17-13-22(18(2)31(17)20-4-6-21(7-5-20)35(28,33)34)25(32)16-29-9-11-30(12-10-29)24-8-3-19(15-27)14-23(24)26/h3-8,13-14H,9-12,16H2,1-2H3,(H2,28,33,34). The van der Waals surface area contributed by atoms with Crippen molar-refractivity contribution in [3.05, 3.63) is 76.9 Å². The number of sulfonamides is 1. The molecule has 10 heteroatoms. The van der Waals surface area contributed by atoms with Gasteiger partial charge in [0.15, 0.2) is 5.78 Å². The summed E-state index contributed by atoms with van der Waals surface area (Å²) in [6.07, 6.45) is 0. The Labute approximate surface area is 204 Å². The van der Waals surface area contributed by atoms with Crippen molar-refractivity contribution >= 4 is 21.5 Å². The summed E-state index contributed by atoms with van der Waals surface area (Å²) in [5.74, 6) is -0.429. The van der Waals surface area contributed by atoms with Gasteiger partial charge in [-0.3, -0.25) is 9.69 Å². The van der Waals surface area contributed by atoms with Crippen molar-refractivity contribution in [2.75, 3.05) is 37.6 Å². The first-order valence-corrected chi connectivity index (χ1v) is 12.7. The zero-order valence-corrected chi connectivity index (χ0v) is 20.3. The van der Waals surface area contributed by atoms with Crippen molar-refractivity contribution in [3.8, 4) is 11.8 Å². The fraction of sp³-hybridized carbons (Fsp3) is 0.280. The van der Waals surface area contributed by atoms with Gasteiger partial charge in [0.2, 0.25) is 10.0 Å². The van der Waals surface area contributed by atoms with E-state index in [1.807, 2.05) is 40.3 Å². The fourth-order valence-electron chi connectivity index (χ4n) is 4.50. The number of halogens is 1. The molecular weight excluding hydrogens is 469 g/mol. The predicted octanol–water partition coefficient (Wildman–Crippen LogP) is 2.76. The van der Waals surface area contributed by atoms with Crippen LogP contribution in [0.5, 0.6) is 0 Å². The summed E-state index contributed by atoms with van der Waals surface area (Å²) in [5, 5.41) is 14.1. The van der Waals surface area contributed by atoms with Crippen molar-refractivity contribution in [2.45, 2.75) is 18.7 Å². The molecule has 2 aromatic carbocycles. The average molecular weight is 496 g/mol. The minimum Gasteiger partial charge on any atom is -0.367 e. The molecule has 0 saturated carbocycles. The molecule has 0 aliphatic carbocycles. The third kappa shape index (κ3) is 5.12. The molecule has 0 radical (unpaired) electrons. The molecule has 1 aromatic heterocycles. The summed E-state index contributed by atoms with van der Waals surface area (Å²) in [6, 6.07) is 14.5. The van der Waals surface area contributed by atoms with E-state index in [2.05, 4.69) is 0 Å². The smallest absolute Gasteiger partial charge is 0.238 e. The first-order chi connectivity index (χ1) is 16.6. The van der Waals surface area contributed by atoms with Gasteiger partial charge in [-0.1, -0.05) is 0 Å². The van der Waals surface area contributed by atoms with E-state index < -0.39 is 15.8 Å². The Hall–Kier alpha value is -3.52. The van der Waals surface area contributed by atoms with Gasteiger partial charge < -0.3 is 9.47 Å². The molecular formula is C25H26FN5O3S. The van der Waals surface area contributed by atoms with Crippen LogP contribution in [0.15, 0.2) is 53.4 Å². The molecule has 1 fully saturated rings. The van der Waals surface area contributed by atoms with Crippen LogP contribution in [0.3, 0.4) is 0 Å². The summed E-state index contributed by atoms with van der Waals surface area (Å²) in [7, 11) is -3.78. The summed E-state index contributed by atoms with van der Waals surface area (Å²) in [6.45, 7) is 6.37. The Morgan fingerprint density at radius 3 is 2.29 bits per heavy atom. The van der Waals surface area contributed by atoms with E-state index in [0.29, 0.717) is 37.4 Å². The van der Waals surface area contributed by atoms with E-state index >= 15 is 0 Å². The summed E-state index contributed by atoms with van der Waals surface area (Å²) >= 11 is 0. The van der Waals surface area contributed by atoms with Crippen LogP contribution in [0, 0.1) is 31.0 Å². The molecule has 1 aliphatic heterocycles. The SMILES string of the molecule is Cc1cc(C(=O)CN2CCN(c3ccc(C#N)cc3F)CC2)c(C)n1-c1ccc(S(N)(=O)=O)cc1. The lowest BCUT2D eigenvalue weighted by molar-refractivity contribution is 0.0925. The molecule has 0 unspecified atom stereocenters. The highest BCUT2D eigenvalue weighted by Crippen LogP contribution is 2.24. The number of anilines is 1. The molecule has 1 saturated heterocycles. The van der Waals surface area contributed by atoms with Gasteiger partial charge in [-0.25, -0.2) is 17.9 Å². The summed E-state index contributed by atoms with van der Waals surface area (Å²) in [4.78, 5) is 17.1. The number of aromatic nitrogens is 1. The quantitative estimate of drug-likeness (QED) is 0.526. The molecule has 0 bridgehead atoms. The van der Waals surface area contributed by atoms with E-state index in [1.54, 1.807) is 24.3 Å². The zero-order valence-electron chi connectivity index (χ0n) is 19.5. The maximum Gasteiger partial charge on any atom is 0.238 e. The molecule has 0 atom stereocenters. The molecule has 0 spiro atoms. The van der Waals surface area contributed by atoms with Crippen molar-refractivity contribution < 1.29 is 17.6 Å². The number of carbonyl (C=O) groups excluding carboxylic acids is 1. The predicted molar refractivity (Wildman–Crippen MR) is 131 cm³/mol. The number of nitriles is 1. The normalized spacial score (nSPS) is 14.7. The van der Waals surface area contributed by atoms with Crippen LogP contribution < -0.4 is 10.0 Å². The van der Waals surface area contributed by atoms with Gasteiger partial charge in [-0.05, 0) is 62.4 Å². The van der Waals surface area contributed by atoms with Crippen molar-refractivity contribution in [2.24, 2.45) is 5.14 Å². The highest BCUT2D eigenvalue weighted by Gasteiger charge is 2.24. The van der Waals surface area contributed by atoms with E-state index in [-0.39, 0.29) is 22.8 Å². The third-order valence-electron chi connectivity index (χ3n) is 6.31. The van der Waals surface area contributed by atoms with E-state index in [0.717, 1.165) is 17.1 Å². The second kappa shape index (κ2) is 9.62. The monoisotopic (exact) mass is 495 g/mol. The molecule has 3 aromatic rings. The Morgan fingerprint density at radius 1 is 1.06 bits per heavy atom. The molecule has 182 valence electrons. The lowest BCUT2D eigenvalue weighted by Gasteiger charge is -2.35. The maximum atomic E-state index is 14.4. The number of Topliss-reactive ketones (excluding diaryl/α,β-unsaturated/α-hetero) is 1. The summed E-state index contributed by atoms with van der Waals surface area (Å²) in [5.41, 5.74) is 3.73. The minimum atomic E-state index is -3.78. The highest BCUT2D eigenvalue weighted by molar-refractivity contribution is 7.89. The number of aryl methyl sites for hydroxylation is 1. The third-order valence-corrected chi connectivity index (χ3v) is 7.24. The van der Waals surface area contributed by atoms with Crippen LogP contribution in [0.1, 0.15) is 27.3 Å². The lowest BCUT2D eigenvalue weighted by Crippen LogP contribution is -2.48. The van der Waals surface area contributed by atoms with Crippen molar-refractivity contribution in [1.82, 2.24) is 9.47 Å². The van der Waals surface area contributed by atoms with Crippen LogP contribution in [0.25, 0.3) is 5.69 Å². The number of benzene rings is 2. The Morgan fingerprint density at radius 2 is 1.71 bits per heavy atom. The number of carbonyl (C=O) groups is 1. The van der Waals surface area contributed by atoms with Gasteiger partial charge in [-0.2, -0.15) is 5.26 Å². The highest BCUT2D eigenvalue weighted by atomic mass is 32.2. The van der Waals surface area contributed by atoms with Gasteiger partial charge in [0, 0.05) is 48.8 Å². The van der Waals surface area contributed by atoms with Gasteiger partial charge in [0.1, 0.15) is 5.82 Å². The molecule has 35 heavy (non-hydrogen) atoms. The van der Waals surface area contributed by atoms with Gasteiger partial charge in [-0.15, -0.1) is 0 Å². The van der Waals surface area contributed by atoms with E-state index in [1.165, 1.54) is 18.2 Å². The molecule has 1 aliphatic rings. The van der Waals surface area contributed by atoms with Crippen molar-refractivity contribution in [3.63, 3.8) is 0 Å². The number of piperazine rings is 1. The number of ketones is 1. The Bertz CT molecular complexity index is 1420. The molecule has 2 N–H and O–H groups in total. The van der Waals surface area contributed by atoms with E-state index in [9.17, 15) is 17.6 Å². The topological polar surface area (TPSA) is 112 Å². The molecule has 4 rings (SSSR count). The van der Waals surface area contributed by atoms with Gasteiger partial charge in [0.25, 0.3) is 0 Å². The molecule has 8 nitrogen and oxygen atoms in total. The summed E-state index contributed by atoms with van der Waals surface area (Å²) < 4.78 is 39.3. The maximum absolute atomic E-state index is 14.4. The number of nitrogens with zero attached hydrogens (tertiary/aromatic N) is 4. The van der Waals surface area contributed by atoms with Gasteiger partial charge >= 0.3 is 0 Å². The number of rotatable bonds is 6. The van der Waals surface area contributed by atoms with Crippen LogP contribution in [-0.2, 0) is 10.0 Å². The van der Waals surface area contributed by atoms with Crippen LogP contribution >= 0.6 is 0 Å². The average Bonchev–Trinajstić information content (AvgIpc) is 3.13. The zero-order chi connectivity index (χ0) is 25.3. The lowest BCUT2D eigenvalue weighted by atomic mass is 10.1. The second-order valence-corrected chi connectivity index (χ2v) is 10.2. The van der Waals surface area contributed by atoms with E-state index in [4.69, 9.17) is 10.4 Å². The molecule has 2 heterocycles. The molecule has 0 amide bonds. The number of hydrogen-bond donors (Lipinski definition) is 1. The first-order valence-electron chi connectivity index (χ1n) is 11.1. The number of hydrogen-bond acceptors (Lipinski definition) is 6. The fourth-order valence-corrected chi connectivity index (χ4v) is 5.01. The Kier molecular flexibility index (Phi) is 6.76. The first kappa shape index (κ1) is 24.6. The second-order valence-electron chi connectivity index (χ2n) is 8.62. The van der Waals surface area contributed by atoms with Crippen molar-refractivity contribution in [1.29, 1.82) is 5.26 Å². The van der Waals surface area contributed by atoms with Gasteiger partial charge in [0.05, 0.1) is 28.8 Å². The van der Waals surface area contributed by atoms with Crippen LogP contribution in [0.2, 0.25) is 0 Å². The Balaban J connectivity index is 1.44. The largest absolute Gasteiger partial charge is 0.367 e. The van der Waals surface area contributed by atoms with Crippen LogP contribution in [0.4, 0.5) is 10.1 Å². The van der Waals surface area contributed by atoms with Crippen LogP contribution in [-0.4, -0.2) is 56.4 Å². The number of primary sulfonamides is 1. The minimum absolute atomic E-state index is 0.0106. The number of nitrogens with two attached hydrogens (primary N) is 1.